The number of carbonyl (C=O) groups excluding carboxylic acids is 11. The van der Waals surface area contributed by atoms with E-state index in [9.17, 15) is 78.0 Å². The normalized spacial score (nSPS) is 15.4. The number of carbonyl (C=O) groups is 12. The van der Waals surface area contributed by atoms with Crippen molar-refractivity contribution < 1.29 is 87.8 Å². The number of ether oxygens (including phenoxy) is 1. The molecule has 0 spiro atoms. The Bertz CT molecular complexity index is 3070. The Balaban J connectivity index is 2.56. The zero-order valence-corrected chi connectivity index (χ0v) is 59.5. The fourth-order valence-electron chi connectivity index (χ4n) is 10.0. The third-order valence-electron chi connectivity index (χ3n) is 15.6. The van der Waals surface area contributed by atoms with Gasteiger partial charge in [0.05, 0.1) is 32.0 Å². The average molecular weight is 1410 g/mol. The van der Waals surface area contributed by atoms with Crippen LogP contribution >= 0.6 is 0 Å². The van der Waals surface area contributed by atoms with Crippen molar-refractivity contribution >= 4 is 82.8 Å². The molecule has 13 atom stereocenters. The number of aliphatic carboxylic acids is 1. The van der Waals surface area contributed by atoms with Crippen LogP contribution in [0, 0.1) is 34.0 Å². The van der Waals surface area contributed by atoms with Crippen molar-refractivity contribution in [2.24, 2.45) is 34.3 Å². The molecule has 22 N–H and O–H groups in total. The summed E-state index contributed by atoms with van der Waals surface area (Å²) in [4.78, 5) is 165. The number of anilines is 1. The van der Waals surface area contributed by atoms with Crippen LogP contribution in [0.2, 0.25) is 0 Å². The molecule has 0 radical (unpaired) electrons. The number of aliphatic hydroxyl groups excluding tert-OH is 4. The van der Waals surface area contributed by atoms with Crippen molar-refractivity contribution in [2.45, 2.75) is 214 Å². The number of nitrogens with one attached hydrogen (secondary N) is 13. The van der Waals surface area contributed by atoms with Gasteiger partial charge in [0.15, 0.2) is 5.96 Å². The molecule has 33 heteroatoms. The molecule has 11 amide bonds. The number of rotatable bonds is 41. The highest BCUT2D eigenvalue weighted by Crippen LogP contribution is 2.24. The smallest absolute Gasteiger partial charge is 0.408 e. The standard InChI is InChI=1S/C67H109N15O18/c1-14-37(6)50(61(95)81-51(38(7)85)60(94)72-31-49(86)73-47(32-83)59(93)78-48(33-84)63(97)98)80-54(88)42(24-19-25-71-64(69)70)74-55(89)43(26-35(2)3)76-62(96)52(53(87)36(4)5)82-56(90)44(28-40-22-18-23-41(68)27-40)75-57(91)45(29-66(8,9)10)77-58(92)46(30-67(11,12)13)79-65(99)100-34-39-20-16-15-17-21-39/h15-18,20-23,27,35-38,42-48,50-53,83-85,87H,14,19,24-26,28-34,68H2,1-13H3,(H,72,94)(H,73,86)(H,74,89)(H,75,91)(H,76,96)(H,77,92)(H,78,93)(H,79,99)(H,80,88)(H,81,95)(H,82,90)(H,97,98)(H4,69,70,71)/t37-,38-,42+,43-,44-,45-,46+,47-,48-,50-,51-,52-,53?/m0/s1. The Hall–Kier alpha value is -9.21. The van der Waals surface area contributed by atoms with Gasteiger partial charge in [-0.05, 0) is 90.9 Å². The van der Waals surface area contributed by atoms with E-state index in [1.54, 1.807) is 96.1 Å². The minimum Gasteiger partial charge on any atom is -0.480 e. The predicted octanol–water partition coefficient (Wildman–Crippen LogP) is -1.72. The zero-order valence-electron chi connectivity index (χ0n) is 59.5. The summed E-state index contributed by atoms with van der Waals surface area (Å²) in [6, 6.07) is -0.336. The fraction of sp³-hybridized carbons (Fsp3) is 0.627. The van der Waals surface area contributed by atoms with Crippen LogP contribution < -0.4 is 75.3 Å². The first-order chi connectivity index (χ1) is 46.6. The van der Waals surface area contributed by atoms with Gasteiger partial charge in [0.25, 0.3) is 0 Å². The number of benzene rings is 2. The lowest BCUT2D eigenvalue weighted by atomic mass is 9.86. The van der Waals surface area contributed by atoms with Crippen LogP contribution in [0.3, 0.4) is 0 Å². The number of aliphatic hydroxyl groups is 4. The van der Waals surface area contributed by atoms with Crippen LogP contribution in [0.15, 0.2) is 54.6 Å². The number of amides is 11. The number of nitrogens with two attached hydrogens (primary N) is 2. The van der Waals surface area contributed by atoms with Crippen LogP contribution in [0.5, 0.6) is 0 Å². The van der Waals surface area contributed by atoms with Crippen molar-refractivity contribution in [1.82, 2.24) is 63.8 Å². The highest BCUT2D eigenvalue weighted by atomic mass is 16.5. The van der Waals surface area contributed by atoms with Gasteiger partial charge in [-0.3, -0.25) is 53.4 Å². The summed E-state index contributed by atoms with van der Waals surface area (Å²) < 4.78 is 5.45. The lowest BCUT2D eigenvalue weighted by Gasteiger charge is -2.32. The zero-order chi connectivity index (χ0) is 75.9. The van der Waals surface area contributed by atoms with E-state index in [-0.39, 0.29) is 64.0 Å². The third kappa shape index (κ3) is 32.2. The summed E-state index contributed by atoms with van der Waals surface area (Å²) in [6.07, 6.45) is -4.25. The van der Waals surface area contributed by atoms with Crippen LogP contribution in [0.4, 0.5) is 10.5 Å². The Morgan fingerprint density at radius 1 is 0.540 bits per heavy atom. The van der Waals surface area contributed by atoms with Crippen LogP contribution in [-0.4, -0.2) is 202 Å². The molecular formula is C67H109N15O18. The highest BCUT2D eigenvalue weighted by molar-refractivity contribution is 5.99. The summed E-state index contributed by atoms with van der Waals surface area (Å²) in [7, 11) is 0. The summed E-state index contributed by atoms with van der Waals surface area (Å²) in [5.41, 5.74) is 12.0. The highest BCUT2D eigenvalue weighted by Gasteiger charge is 2.40. The first-order valence-electron chi connectivity index (χ1n) is 33.3. The second-order valence-electron chi connectivity index (χ2n) is 28.0. The van der Waals surface area contributed by atoms with Gasteiger partial charge in [0.1, 0.15) is 67.0 Å². The van der Waals surface area contributed by atoms with Gasteiger partial charge in [-0.15, -0.1) is 0 Å². The third-order valence-corrected chi connectivity index (χ3v) is 15.6. The van der Waals surface area contributed by atoms with Gasteiger partial charge in [-0.1, -0.05) is 132 Å². The van der Waals surface area contributed by atoms with Gasteiger partial charge in [0, 0.05) is 18.7 Å². The maximum Gasteiger partial charge on any atom is 0.408 e. The van der Waals surface area contributed by atoms with Crippen LogP contribution in [-0.2, 0) is 70.5 Å². The van der Waals surface area contributed by atoms with Crippen LogP contribution in [0.25, 0.3) is 0 Å². The van der Waals surface area contributed by atoms with Gasteiger partial charge in [-0.25, -0.2) is 9.59 Å². The molecule has 0 saturated carbocycles. The number of carboxylic acids is 1. The van der Waals surface area contributed by atoms with Crippen molar-refractivity contribution in [3.05, 3.63) is 65.7 Å². The molecule has 2 aromatic carbocycles. The van der Waals surface area contributed by atoms with E-state index >= 15 is 0 Å². The van der Waals surface area contributed by atoms with Crippen molar-refractivity contribution in [2.75, 3.05) is 32.0 Å². The van der Waals surface area contributed by atoms with Gasteiger partial charge in [-0.2, -0.15) is 0 Å². The molecule has 2 rings (SSSR count). The molecule has 100 heavy (non-hydrogen) atoms. The van der Waals surface area contributed by atoms with Crippen molar-refractivity contribution in [3.63, 3.8) is 0 Å². The van der Waals surface area contributed by atoms with E-state index in [1.807, 2.05) is 46.9 Å². The Morgan fingerprint density at radius 2 is 1.02 bits per heavy atom. The Kier molecular flexibility index (Phi) is 36.5. The largest absolute Gasteiger partial charge is 0.480 e. The fourth-order valence-corrected chi connectivity index (χ4v) is 10.0. The molecule has 1 unspecified atom stereocenters. The number of guanidine groups is 1. The summed E-state index contributed by atoms with van der Waals surface area (Å²) in [5, 5.41) is 88.1. The topological polar surface area (TPSA) is 535 Å². The average Bonchev–Trinajstić information content (AvgIpc) is 0.838. The second kappa shape index (κ2) is 42.0. The van der Waals surface area contributed by atoms with Gasteiger partial charge >= 0.3 is 12.1 Å². The van der Waals surface area contributed by atoms with Crippen LogP contribution in [0.1, 0.15) is 140 Å². The maximum atomic E-state index is 14.9. The number of carboxylic acid groups (broad SMARTS) is 1. The first-order valence-corrected chi connectivity index (χ1v) is 33.3. The maximum absolute atomic E-state index is 14.9. The minimum absolute atomic E-state index is 0.0190. The monoisotopic (exact) mass is 1410 g/mol. The number of nitrogen functional groups attached to an aromatic ring is 1. The number of hydrogen-bond donors (Lipinski definition) is 20. The molecular weight excluding hydrogens is 1300 g/mol. The molecule has 33 nitrogen and oxygen atoms in total. The van der Waals surface area contributed by atoms with E-state index in [4.69, 9.17) is 26.7 Å². The molecule has 0 fully saturated rings. The van der Waals surface area contributed by atoms with E-state index < -0.39 is 192 Å². The first kappa shape index (κ1) is 86.9. The summed E-state index contributed by atoms with van der Waals surface area (Å²) >= 11 is 0. The summed E-state index contributed by atoms with van der Waals surface area (Å²) in [6.45, 7) is 19.0. The van der Waals surface area contributed by atoms with E-state index in [1.165, 1.54) is 0 Å². The molecule has 0 aliphatic carbocycles. The molecule has 0 heterocycles. The van der Waals surface area contributed by atoms with E-state index in [0.717, 1.165) is 6.92 Å². The minimum atomic E-state index is -1.83. The molecule has 0 aromatic heterocycles. The Morgan fingerprint density at radius 3 is 1.54 bits per heavy atom. The summed E-state index contributed by atoms with van der Waals surface area (Å²) in [5.74, 6) is -13.7. The van der Waals surface area contributed by atoms with Crippen molar-refractivity contribution in [1.29, 1.82) is 5.41 Å². The SMILES string of the molecule is CC[C@H](C)[C@H](NC(=O)[C@@H](CCCNC(=N)N)NC(=O)[C@H](CC(C)C)NC(=O)[C@@H](NC(=O)[C@H](Cc1cccc(N)c1)NC(=O)[C@H](CC(C)(C)C)NC(=O)[C@@H](CC(C)(C)C)NC(=O)OCc1ccccc1)C(O)C(C)C)C(=O)N[C@H](C(=O)NCC(=O)N[C@@H](CO)C(=O)N[C@@H](CO)C(=O)O)[C@H](C)O. The molecule has 0 aliphatic heterocycles. The molecule has 0 bridgehead atoms. The van der Waals surface area contributed by atoms with Crippen molar-refractivity contribution in [3.8, 4) is 0 Å². The van der Waals surface area contributed by atoms with E-state index in [2.05, 4.69) is 58.5 Å². The quantitative estimate of drug-likeness (QED) is 0.0152. The molecule has 0 saturated heterocycles. The lowest BCUT2D eigenvalue weighted by Crippen LogP contribution is -2.63. The van der Waals surface area contributed by atoms with Gasteiger partial charge in [0.2, 0.25) is 59.1 Å². The molecule has 2 aromatic rings. The van der Waals surface area contributed by atoms with E-state index in [0.29, 0.717) is 16.8 Å². The number of alkyl carbamates (subject to hydrolysis) is 1. The molecule has 0 aliphatic rings. The van der Waals surface area contributed by atoms with Gasteiger partial charge < -0.3 is 106 Å². The lowest BCUT2D eigenvalue weighted by molar-refractivity contribution is -0.143. The second-order valence-corrected chi connectivity index (χ2v) is 28.0. The Labute approximate surface area is 584 Å². The number of hydrogen-bond acceptors (Lipinski definition) is 19. The predicted molar refractivity (Wildman–Crippen MR) is 369 cm³/mol. The molecule has 560 valence electrons.